The van der Waals surface area contributed by atoms with E-state index in [4.69, 9.17) is 21.7 Å². The van der Waals surface area contributed by atoms with Crippen LogP contribution >= 0.6 is 12.2 Å². The summed E-state index contributed by atoms with van der Waals surface area (Å²) in [6.45, 7) is 2.08. The molecule has 0 amide bonds. The molecule has 2 N–H and O–H groups in total. The number of nitrogens with one attached hydrogen (secondary N) is 2. The zero-order valence-corrected chi connectivity index (χ0v) is 17.0. The Bertz CT molecular complexity index is 927. The summed E-state index contributed by atoms with van der Waals surface area (Å²) in [4.78, 5) is 0. The van der Waals surface area contributed by atoms with Gasteiger partial charge in [0.1, 0.15) is 11.5 Å². The fourth-order valence-electron chi connectivity index (χ4n) is 2.95. The first-order valence-corrected chi connectivity index (χ1v) is 9.42. The summed E-state index contributed by atoms with van der Waals surface area (Å²) >= 11 is 5.60. The van der Waals surface area contributed by atoms with E-state index in [-0.39, 0.29) is 6.04 Å². The molecule has 1 unspecified atom stereocenters. The third-order valence-electron chi connectivity index (χ3n) is 4.48. The molecule has 0 fully saturated rings. The quantitative estimate of drug-likeness (QED) is 0.572. The van der Waals surface area contributed by atoms with Crippen LogP contribution in [0.15, 0.2) is 72.8 Å². The van der Waals surface area contributed by atoms with Crippen molar-refractivity contribution >= 4 is 23.0 Å². The average Bonchev–Trinajstić information content (AvgIpc) is 2.73. The van der Waals surface area contributed by atoms with Crippen molar-refractivity contribution in [1.82, 2.24) is 5.32 Å². The van der Waals surface area contributed by atoms with Crippen molar-refractivity contribution < 1.29 is 9.47 Å². The normalized spacial score (nSPS) is 11.4. The molecule has 144 valence electrons. The van der Waals surface area contributed by atoms with Crippen LogP contribution in [0.25, 0.3) is 0 Å². The van der Waals surface area contributed by atoms with Gasteiger partial charge in [0.05, 0.1) is 25.9 Å². The monoisotopic (exact) mass is 392 g/mol. The lowest BCUT2D eigenvalue weighted by atomic mass is 9.98. The van der Waals surface area contributed by atoms with Crippen LogP contribution in [-0.2, 0) is 0 Å². The van der Waals surface area contributed by atoms with E-state index < -0.39 is 0 Å². The van der Waals surface area contributed by atoms with Gasteiger partial charge < -0.3 is 20.1 Å². The van der Waals surface area contributed by atoms with Crippen LogP contribution in [-0.4, -0.2) is 19.3 Å². The number of rotatable bonds is 6. The Labute approximate surface area is 171 Å². The zero-order chi connectivity index (χ0) is 19.9. The largest absolute Gasteiger partial charge is 0.497 e. The maximum atomic E-state index is 5.60. The second kappa shape index (κ2) is 9.24. The molecule has 5 heteroatoms. The smallest absolute Gasteiger partial charge is 0.171 e. The molecule has 0 heterocycles. The van der Waals surface area contributed by atoms with E-state index in [1.165, 1.54) is 5.56 Å². The van der Waals surface area contributed by atoms with E-state index in [0.717, 1.165) is 22.6 Å². The molecular formula is C23H24N2O2S. The number of hydrogen-bond donors (Lipinski definition) is 2. The molecule has 0 saturated heterocycles. The van der Waals surface area contributed by atoms with E-state index in [2.05, 4.69) is 54.0 Å². The molecule has 4 nitrogen and oxygen atoms in total. The topological polar surface area (TPSA) is 42.5 Å². The van der Waals surface area contributed by atoms with Gasteiger partial charge in [0.25, 0.3) is 0 Å². The van der Waals surface area contributed by atoms with Gasteiger partial charge in [-0.1, -0.05) is 60.2 Å². The highest BCUT2D eigenvalue weighted by molar-refractivity contribution is 7.80. The summed E-state index contributed by atoms with van der Waals surface area (Å²) in [6.07, 6.45) is 0. The van der Waals surface area contributed by atoms with Crippen LogP contribution in [0.3, 0.4) is 0 Å². The van der Waals surface area contributed by atoms with Gasteiger partial charge in [-0.2, -0.15) is 0 Å². The van der Waals surface area contributed by atoms with E-state index in [9.17, 15) is 0 Å². The molecule has 0 aliphatic heterocycles. The van der Waals surface area contributed by atoms with Crippen LogP contribution in [0.4, 0.5) is 5.69 Å². The van der Waals surface area contributed by atoms with Crippen LogP contribution in [0.2, 0.25) is 0 Å². The second-order valence-corrected chi connectivity index (χ2v) is 6.83. The molecule has 0 radical (unpaired) electrons. The maximum Gasteiger partial charge on any atom is 0.171 e. The average molecular weight is 393 g/mol. The van der Waals surface area contributed by atoms with E-state index >= 15 is 0 Å². The molecule has 3 aromatic rings. The number of benzene rings is 3. The minimum atomic E-state index is -0.0638. The van der Waals surface area contributed by atoms with Crippen molar-refractivity contribution in [2.24, 2.45) is 0 Å². The van der Waals surface area contributed by atoms with Crippen molar-refractivity contribution in [1.29, 1.82) is 0 Å². The van der Waals surface area contributed by atoms with Gasteiger partial charge in [0, 0.05) is 6.07 Å². The molecule has 0 aliphatic carbocycles. The van der Waals surface area contributed by atoms with Crippen molar-refractivity contribution in [3.05, 3.63) is 89.5 Å². The van der Waals surface area contributed by atoms with Crippen molar-refractivity contribution in [2.45, 2.75) is 13.0 Å². The van der Waals surface area contributed by atoms with Gasteiger partial charge in [0.15, 0.2) is 5.11 Å². The van der Waals surface area contributed by atoms with Gasteiger partial charge in [-0.25, -0.2) is 0 Å². The van der Waals surface area contributed by atoms with Crippen molar-refractivity contribution in [2.75, 3.05) is 19.5 Å². The van der Waals surface area contributed by atoms with E-state index in [1.54, 1.807) is 14.2 Å². The summed E-state index contributed by atoms with van der Waals surface area (Å²) in [5.74, 6) is 1.39. The Kier molecular flexibility index (Phi) is 6.50. The summed E-state index contributed by atoms with van der Waals surface area (Å²) in [5.41, 5.74) is 4.27. The molecular weight excluding hydrogens is 368 g/mol. The van der Waals surface area contributed by atoms with Crippen molar-refractivity contribution in [3.8, 4) is 11.5 Å². The molecule has 0 bridgehead atoms. The molecule has 1 atom stereocenters. The van der Waals surface area contributed by atoms with Crippen LogP contribution < -0.4 is 20.1 Å². The number of methoxy groups -OCH3 is 2. The highest BCUT2D eigenvalue weighted by Gasteiger charge is 2.16. The van der Waals surface area contributed by atoms with Crippen LogP contribution in [0.5, 0.6) is 11.5 Å². The predicted octanol–water partition coefficient (Wildman–Crippen LogP) is 5.09. The summed E-state index contributed by atoms with van der Waals surface area (Å²) in [7, 11) is 3.25. The fraction of sp³-hybridized carbons (Fsp3) is 0.174. The third-order valence-corrected chi connectivity index (χ3v) is 4.70. The summed E-state index contributed by atoms with van der Waals surface area (Å²) in [5, 5.41) is 7.18. The Morgan fingerprint density at radius 1 is 0.857 bits per heavy atom. The maximum absolute atomic E-state index is 5.60. The first kappa shape index (κ1) is 19.7. The molecule has 0 aromatic heterocycles. The Morgan fingerprint density at radius 2 is 1.54 bits per heavy atom. The molecule has 28 heavy (non-hydrogen) atoms. The standard InChI is InChI=1S/C23H24N2O2S/c1-16-9-11-18(12-10-16)22(17-7-5-4-6-8-17)25-23(28)24-20-14-13-19(26-2)15-21(20)27-3/h4-15,22H,1-3H3,(H2,24,25,28). The third kappa shape index (κ3) is 4.81. The van der Waals surface area contributed by atoms with Gasteiger partial charge in [0.2, 0.25) is 0 Å². The number of thiocarbonyl (C=S) groups is 1. The first-order valence-electron chi connectivity index (χ1n) is 9.01. The van der Waals surface area contributed by atoms with E-state index in [1.807, 2.05) is 36.4 Å². The van der Waals surface area contributed by atoms with Crippen LogP contribution in [0.1, 0.15) is 22.7 Å². The zero-order valence-electron chi connectivity index (χ0n) is 16.2. The number of aryl methyl sites for hydroxylation is 1. The molecule has 3 rings (SSSR count). The van der Waals surface area contributed by atoms with Gasteiger partial charge in [-0.15, -0.1) is 0 Å². The highest BCUT2D eigenvalue weighted by atomic mass is 32.1. The van der Waals surface area contributed by atoms with Gasteiger partial charge in [-0.3, -0.25) is 0 Å². The molecule has 3 aromatic carbocycles. The summed E-state index contributed by atoms with van der Waals surface area (Å²) < 4.78 is 10.7. The Morgan fingerprint density at radius 3 is 2.18 bits per heavy atom. The lowest BCUT2D eigenvalue weighted by molar-refractivity contribution is 0.395. The highest BCUT2D eigenvalue weighted by Crippen LogP contribution is 2.29. The predicted molar refractivity (Wildman–Crippen MR) is 118 cm³/mol. The van der Waals surface area contributed by atoms with E-state index in [0.29, 0.717) is 10.9 Å². The minimum absolute atomic E-state index is 0.0638. The SMILES string of the molecule is COc1ccc(NC(=S)NC(c2ccccc2)c2ccc(C)cc2)c(OC)c1. The molecule has 0 saturated carbocycles. The first-order chi connectivity index (χ1) is 13.6. The van der Waals surface area contributed by atoms with Crippen LogP contribution in [0, 0.1) is 6.92 Å². The Balaban J connectivity index is 1.83. The minimum Gasteiger partial charge on any atom is -0.497 e. The molecule has 0 aliphatic rings. The number of anilines is 1. The second-order valence-electron chi connectivity index (χ2n) is 6.42. The number of hydrogen-bond acceptors (Lipinski definition) is 3. The fourth-order valence-corrected chi connectivity index (χ4v) is 3.18. The lowest BCUT2D eigenvalue weighted by Gasteiger charge is -2.23. The van der Waals surface area contributed by atoms with Gasteiger partial charge in [-0.05, 0) is 42.4 Å². The number of ether oxygens (including phenoxy) is 2. The molecule has 0 spiro atoms. The summed E-state index contributed by atoms with van der Waals surface area (Å²) in [6, 6.07) is 24.2. The van der Waals surface area contributed by atoms with Crippen molar-refractivity contribution in [3.63, 3.8) is 0 Å². The van der Waals surface area contributed by atoms with Gasteiger partial charge >= 0.3 is 0 Å². The lowest BCUT2D eigenvalue weighted by Crippen LogP contribution is -2.33. The Hall–Kier alpha value is -3.05.